The van der Waals surface area contributed by atoms with E-state index in [-0.39, 0.29) is 5.78 Å². The molecule has 0 fully saturated rings. The molecule has 0 spiro atoms. The Morgan fingerprint density at radius 3 is 1.85 bits per heavy atom. The maximum absolute atomic E-state index is 11.9. The Hall–Kier alpha value is -1.58. The van der Waals surface area contributed by atoms with E-state index in [1.54, 1.807) is 12.1 Å². The lowest BCUT2D eigenvalue weighted by Crippen LogP contribution is -2.08. The van der Waals surface area contributed by atoms with Crippen molar-refractivity contribution in [3.63, 3.8) is 0 Å². The first-order valence-corrected chi connectivity index (χ1v) is 7.02. The van der Waals surface area contributed by atoms with Crippen molar-refractivity contribution in [3.8, 4) is 0 Å². The lowest BCUT2D eigenvalue weighted by atomic mass is 10.0. The predicted molar refractivity (Wildman–Crippen MR) is 87.8 cm³/mol. The van der Waals surface area contributed by atoms with Crippen LogP contribution >= 0.6 is 12.6 Å². The van der Waals surface area contributed by atoms with E-state index >= 15 is 0 Å². The summed E-state index contributed by atoms with van der Waals surface area (Å²) >= 11 is 4.18. The molecule has 0 radical (unpaired) electrons. The molecule has 0 bridgehead atoms. The van der Waals surface area contributed by atoms with Crippen molar-refractivity contribution < 1.29 is 4.79 Å². The van der Waals surface area contributed by atoms with Gasteiger partial charge < -0.3 is 4.90 Å². The fourth-order valence-corrected chi connectivity index (χ4v) is 1.52. The number of carbonyl (C=O) groups is 1. The van der Waals surface area contributed by atoms with Crippen molar-refractivity contribution in [1.29, 1.82) is 0 Å². The molecule has 0 heterocycles. The first-order valence-electron chi connectivity index (χ1n) is 6.58. The minimum atomic E-state index is 0.0453. The normalized spacial score (nSPS) is 9.85. The van der Waals surface area contributed by atoms with Gasteiger partial charge in [-0.15, -0.1) is 12.6 Å². The highest BCUT2D eigenvalue weighted by molar-refractivity contribution is 7.80. The molecule has 0 aromatic heterocycles. The summed E-state index contributed by atoms with van der Waals surface area (Å²) < 4.78 is 0. The Kier molecular flexibility index (Phi) is 7.05. The predicted octanol–water partition coefficient (Wildman–Crippen LogP) is 3.77. The van der Waals surface area contributed by atoms with Gasteiger partial charge >= 0.3 is 0 Å². The highest BCUT2D eigenvalue weighted by Crippen LogP contribution is 2.12. The van der Waals surface area contributed by atoms with Gasteiger partial charge in [0.15, 0.2) is 5.78 Å². The van der Waals surface area contributed by atoms with E-state index in [9.17, 15) is 4.79 Å². The van der Waals surface area contributed by atoms with E-state index in [0.717, 1.165) is 11.4 Å². The van der Waals surface area contributed by atoms with Gasteiger partial charge in [-0.1, -0.05) is 37.3 Å². The largest absolute Gasteiger partial charge is 0.310 e. The van der Waals surface area contributed by atoms with Crippen LogP contribution in [0.4, 0.5) is 0 Å². The van der Waals surface area contributed by atoms with Gasteiger partial charge in [-0.05, 0) is 44.9 Å². The number of nitrogens with zero attached hydrogens (tertiary/aromatic N) is 1. The van der Waals surface area contributed by atoms with Crippen LogP contribution < -0.4 is 0 Å². The monoisotopic (exact) mass is 287 g/mol. The van der Waals surface area contributed by atoms with E-state index in [0.29, 0.717) is 11.1 Å². The number of carbonyl (C=O) groups excluding carboxylic acids is 1. The standard InChI is InChI=1S/C13H10OS.C4H11N/c14-13(10-4-2-1-3-5-10)11-6-8-12(15)9-7-11;1-4-5(2)3/h1-9,15H;4H2,1-3H3. The van der Waals surface area contributed by atoms with Crippen LogP contribution in [-0.4, -0.2) is 31.3 Å². The zero-order valence-electron chi connectivity index (χ0n) is 12.2. The van der Waals surface area contributed by atoms with E-state index in [2.05, 4.69) is 38.5 Å². The van der Waals surface area contributed by atoms with Crippen molar-refractivity contribution in [2.24, 2.45) is 0 Å². The zero-order chi connectivity index (χ0) is 15.0. The van der Waals surface area contributed by atoms with Crippen molar-refractivity contribution >= 4 is 18.4 Å². The Bertz CT molecular complexity index is 520. The molecule has 0 atom stereocenters. The summed E-state index contributed by atoms with van der Waals surface area (Å²) in [5.74, 6) is 0.0453. The molecule has 0 amide bonds. The molecule has 0 aliphatic heterocycles. The van der Waals surface area contributed by atoms with Crippen LogP contribution in [0.1, 0.15) is 22.8 Å². The first-order chi connectivity index (χ1) is 9.54. The van der Waals surface area contributed by atoms with Gasteiger partial charge in [0.1, 0.15) is 0 Å². The quantitative estimate of drug-likeness (QED) is 0.685. The van der Waals surface area contributed by atoms with E-state index in [1.165, 1.54) is 0 Å². The van der Waals surface area contributed by atoms with Crippen LogP contribution in [0.15, 0.2) is 59.5 Å². The van der Waals surface area contributed by atoms with Crippen LogP contribution in [0, 0.1) is 0 Å². The zero-order valence-corrected chi connectivity index (χ0v) is 13.1. The lowest BCUT2D eigenvalue weighted by Gasteiger charge is -2.00. The number of thiol groups is 1. The molecule has 0 aliphatic rings. The summed E-state index contributed by atoms with van der Waals surface area (Å²) in [6, 6.07) is 16.5. The number of benzene rings is 2. The van der Waals surface area contributed by atoms with E-state index < -0.39 is 0 Å². The van der Waals surface area contributed by atoms with Gasteiger partial charge in [0.05, 0.1) is 0 Å². The van der Waals surface area contributed by atoms with Crippen molar-refractivity contribution in [3.05, 3.63) is 65.7 Å². The van der Waals surface area contributed by atoms with Gasteiger partial charge in [0.2, 0.25) is 0 Å². The number of rotatable bonds is 3. The van der Waals surface area contributed by atoms with Crippen LogP contribution in [0.25, 0.3) is 0 Å². The summed E-state index contributed by atoms with van der Waals surface area (Å²) in [6.45, 7) is 3.26. The van der Waals surface area contributed by atoms with Crippen LogP contribution in [-0.2, 0) is 0 Å². The summed E-state index contributed by atoms with van der Waals surface area (Å²) in [5.41, 5.74) is 1.41. The summed E-state index contributed by atoms with van der Waals surface area (Å²) in [6.07, 6.45) is 0. The molecule has 20 heavy (non-hydrogen) atoms. The maximum atomic E-state index is 11.9. The van der Waals surface area contributed by atoms with Gasteiger partial charge in [0, 0.05) is 16.0 Å². The lowest BCUT2D eigenvalue weighted by molar-refractivity contribution is 0.103. The van der Waals surface area contributed by atoms with Gasteiger partial charge in [-0.25, -0.2) is 0 Å². The number of hydrogen-bond acceptors (Lipinski definition) is 3. The van der Waals surface area contributed by atoms with Crippen LogP contribution in [0.3, 0.4) is 0 Å². The average molecular weight is 287 g/mol. The molecule has 0 unspecified atom stereocenters. The molecule has 2 aromatic carbocycles. The third-order valence-electron chi connectivity index (χ3n) is 2.80. The molecule has 0 N–H and O–H groups in total. The Morgan fingerprint density at radius 1 is 0.950 bits per heavy atom. The second-order valence-corrected chi connectivity index (χ2v) is 5.15. The molecular formula is C17H21NOS. The minimum absolute atomic E-state index is 0.0453. The maximum Gasteiger partial charge on any atom is 0.193 e. The van der Waals surface area contributed by atoms with E-state index in [4.69, 9.17) is 0 Å². The molecule has 0 aliphatic carbocycles. The third kappa shape index (κ3) is 5.59. The third-order valence-corrected chi connectivity index (χ3v) is 3.10. The van der Waals surface area contributed by atoms with Gasteiger partial charge in [0.25, 0.3) is 0 Å². The first kappa shape index (κ1) is 16.5. The molecule has 2 aromatic rings. The topological polar surface area (TPSA) is 20.3 Å². The summed E-state index contributed by atoms with van der Waals surface area (Å²) in [7, 11) is 4.11. The van der Waals surface area contributed by atoms with Gasteiger partial charge in [-0.3, -0.25) is 4.79 Å². The van der Waals surface area contributed by atoms with Crippen molar-refractivity contribution in [2.75, 3.05) is 20.6 Å². The van der Waals surface area contributed by atoms with Crippen molar-refractivity contribution in [2.45, 2.75) is 11.8 Å². The molecule has 2 rings (SSSR count). The molecule has 0 saturated carbocycles. The SMILES string of the molecule is CCN(C)C.O=C(c1ccccc1)c1ccc(S)cc1. The molecule has 2 nitrogen and oxygen atoms in total. The second kappa shape index (κ2) is 8.56. The summed E-state index contributed by atoms with van der Waals surface area (Å²) in [5, 5.41) is 0. The Balaban J connectivity index is 0.000000347. The highest BCUT2D eigenvalue weighted by Gasteiger charge is 2.06. The smallest absolute Gasteiger partial charge is 0.193 e. The van der Waals surface area contributed by atoms with Crippen LogP contribution in [0.5, 0.6) is 0 Å². The molecule has 3 heteroatoms. The number of ketones is 1. The summed E-state index contributed by atoms with van der Waals surface area (Å²) in [4.78, 5) is 14.9. The molecule has 106 valence electrons. The highest BCUT2D eigenvalue weighted by atomic mass is 32.1. The van der Waals surface area contributed by atoms with Crippen molar-refractivity contribution in [1.82, 2.24) is 4.90 Å². The molecular weight excluding hydrogens is 266 g/mol. The Labute approximate surface area is 126 Å². The number of hydrogen-bond donors (Lipinski definition) is 1. The molecule has 0 saturated heterocycles. The van der Waals surface area contributed by atoms with E-state index in [1.807, 2.05) is 42.5 Å². The fourth-order valence-electron chi connectivity index (χ4n) is 1.37. The average Bonchev–Trinajstić information content (AvgIpc) is 2.49. The fraction of sp³-hybridized carbons (Fsp3) is 0.235. The minimum Gasteiger partial charge on any atom is -0.310 e. The van der Waals surface area contributed by atoms with Gasteiger partial charge in [-0.2, -0.15) is 0 Å². The second-order valence-electron chi connectivity index (χ2n) is 4.64. The Morgan fingerprint density at radius 2 is 1.40 bits per heavy atom. The van der Waals surface area contributed by atoms with Crippen LogP contribution in [0.2, 0.25) is 0 Å².